The first-order chi connectivity index (χ1) is 8.86. The lowest BCUT2D eigenvalue weighted by Gasteiger charge is -2.22. The van der Waals surface area contributed by atoms with Crippen LogP contribution in [0.15, 0.2) is 24.3 Å². The van der Waals surface area contributed by atoms with E-state index in [1.165, 1.54) is 5.56 Å². The Balaban J connectivity index is 2.65. The Kier molecular flexibility index (Phi) is 3.40. The molecule has 2 N–H and O–H groups in total. The van der Waals surface area contributed by atoms with Crippen molar-refractivity contribution >= 4 is 5.82 Å². The van der Waals surface area contributed by atoms with Crippen molar-refractivity contribution in [2.45, 2.75) is 39.5 Å². The standard InChI is InChI=1S/C16H23N3/c1-6-16(3,4)14-13(15(17)19(5)18-14)12-9-7-11(2)8-10-12/h7-10H,6,17H2,1-5H3. The van der Waals surface area contributed by atoms with E-state index in [0.29, 0.717) is 0 Å². The molecule has 0 radical (unpaired) electrons. The number of aryl methyl sites for hydroxylation is 2. The number of hydrogen-bond acceptors (Lipinski definition) is 2. The molecular weight excluding hydrogens is 234 g/mol. The molecule has 2 aromatic rings. The third kappa shape index (κ3) is 2.37. The normalized spacial score (nSPS) is 11.8. The molecule has 0 unspecified atom stereocenters. The summed E-state index contributed by atoms with van der Waals surface area (Å²) in [5, 5.41) is 4.64. The SMILES string of the molecule is CCC(C)(C)c1nn(C)c(N)c1-c1ccc(C)cc1. The molecule has 0 fully saturated rings. The van der Waals surface area contributed by atoms with Crippen molar-refractivity contribution in [3.8, 4) is 11.1 Å². The van der Waals surface area contributed by atoms with Crippen LogP contribution in [-0.2, 0) is 12.5 Å². The molecular formula is C16H23N3. The Hall–Kier alpha value is -1.77. The van der Waals surface area contributed by atoms with Gasteiger partial charge in [-0.15, -0.1) is 0 Å². The summed E-state index contributed by atoms with van der Waals surface area (Å²) >= 11 is 0. The molecule has 0 atom stereocenters. The topological polar surface area (TPSA) is 43.8 Å². The van der Waals surface area contributed by atoms with Crippen LogP contribution in [0.4, 0.5) is 5.82 Å². The summed E-state index contributed by atoms with van der Waals surface area (Å²) in [6.45, 7) is 8.70. The van der Waals surface area contributed by atoms with Crippen molar-refractivity contribution < 1.29 is 0 Å². The highest BCUT2D eigenvalue weighted by molar-refractivity contribution is 5.77. The van der Waals surface area contributed by atoms with Crippen LogP contribution in [0.3, 0.4) is 0 Å². The average molecular weight is 257 g/mol. The third-order valence-corrected chi connectivity index (χ3v) is 3.96. The van der Waals surface area contributed by atoms with Crippen molar-refractivity contribution in [1.29, 1.82) is 0 Å². The van der Waals surface area contributed by atoms with E-state index in [1.54, 1.807) is 4.68 Å². The van der Waals surface area contributed by atoms with Crippen molar-refractivity contribution in [3.63, 3.8) is 0 Å². The summed E-state index contributed by atoms with van der Waals surface area (Å²) in [5.41, 5.74) is 10.8. The van der Waals surface area contributed by atoms with Crippen molar-refractivity contribution in [2.24, 2.45) is 7.05 Å². The lowest BCUT2D eigenvalue weighted by molar-refractivity contribution is 0.483. The molecule has 102 valence electrons. The molecule has 2 rings (SSSR count). The van der Waals surface area contributed by atoms with Crippen molar-refractivity contribution in [1.82, 2.24) is 9.78 Å². The zero-order valence-corrected chi connectivity index (χ0v) is 12.5. The second kappa shape index (κ2) is 4.72. The fraction of sp³-hybridized carbons (Fsp3) is 0.438. The Morgan fingerprint density at radius 2 is 1.79 bits per heavy atom. The van der Waals surface area contributed by atoms with Gasteiger partial charge in [-0.25, -0.2) is 0 Å². The Morgan fingerprint density at radius 3 is 2.32 bits per heavy atom. The smallest absolute Gasteiger partial charge is 0.129 e. The summed E-state index contributed by atoms with van der Waals surface area (Å²) in [6, 6.07) is 8.48. The number of nitrogens with zero attached hydrogens (tertiary/aromatic N) is 2. The highest BCUT2D eigenvalue weighted by Crippen LogP contribution is 2.38. The number of nitrogens with two attached hydrogens (primary N) is 1. The van der Waals surface area contributed by atoms with E-state index in [4.69, 9.17) is 5.73 Å². The number of rotatable bonds is 3. The molecule has 0 spiro atoms. The van der Waals surface area contributed by atoms with Crippen molar-refractivity contribution in [3.05, 3.63) is 35.5 Å². The van der Waals surface area contributed by atoms with Crippen LogP contribution in [0, 0.1) is 6.92 Å². The van der Waals surface area contributed by atoms with E-state index < -0.39 is 0 Å². The van der Waals surface area contributed by atoms with E-state index in [1.807, 2.05) is 7.05 Å². The second-order valence-corrected chi connectivity index (χ2v) is 5.84. The molecule has 0 aliphatic rings. The molecule has 0 bridgehead atoms. The van der Waals surface area contributed by atoms with Gasteiger partial charge in [-0.1, -0.05) is 50.6 Å². The van der Waals surface area contributed by atoms with Crippen LogP contribution in [0.1, 0.15) is 38.4 Å². The largest absolute Gasteiger partial charge is 0.383 e. The molecule has 3 heteroatoms. The number of hydrogen-bond donors (Lipinski definition) is 1. The molecule has 0 aliphatic carbocycles. The molecule has 1 aromatic heterocycles. The maximum absolute atomic E-state index is 6.23. The zero-order valence-electron chi connectivity index (χ0n) is 12.5. The summed E-state index contributed by atoms with van der Waals surface area (Å²) in [5.74, 6) is 0.736. The van der Waals surface area contributed by atoms with Gasteiger partial charge in [0.05, 0.1) is 5.69 Å². The summed E-state index contributed by atoms with van der Waals surface area (Å²) in [4.78, 5) is 0. The average Bonchev–Trinajstić information content (AvgIpc) is 2.68. The van der Waals surface area contributed by atoms with Gasteiger partial charge in [0.25, 0.3) is 0 Å². The van der Waals surface area contributed by atoms with Crippen LogP contribution in [0.2, 0.25) is 0 Å². The molecule has 1 aromatic carbocycles. The van der Waals surface area contributed by atoms with Gasteiger partial charge in [-0.3, -0.25) is 4.68 Å². The number of nitrogen functional groups attached to an aromatic ring is 1. The predicted octanol–water partition coefficient (Wildman–Crippen LogP) is 3.67. The first kappa shape index (κ1) is 13.7. The molecule has 3 nitrogen and oxygen atoms in total. The minimum Gasteiger partial charge on any atom is -0.383 e. The monoisotopic (exact) mass is 257 g/mol. The number of aromatic nitrogens is 2. The minimum absolute atomic E-state index is 0.0234. The zero-order chi connectivity index (χ0) is 14.2. The highest BCUT2D eigenvalue weighted by atomic mass is 15.3. The van der Waals surface area contributed by atoms with E-state index >= 15 is 0 Å². The van der Waals surface area contributed by atoms with Gasteiger partial charge in [0, 0.05) is 18.0 Å². The second-order valence-electron chi connectivity index (χ2n) is 5.84. The Labute approximate surface area is 115 Å². The molecule has 0 saturated carbocycles. The first-order valence-electron chi connectivity index (χ1n) is 6.77. The highest BCUT2D eigenvalue weighted by Gasteiger charge is 2.28. The van der Waals surface area contributed by atoms with Gasteiger partial charge in [0.1, 0.15) is 5.82 Å². The molecule has 19 heavy (non-hydrogen) atoms. The lowest BCUT2D eigenvalue weighted by Crippen LogP contribution is -2.17. The van der Waals surface area contributed by atoms with E-state index in [9.17, 15) is 0 Å². The van der Waals surface area contributed by atoms with Gasteiger partial charge in [-0.05, 0) is 18.9 Å². The van der Waals surface area contributed by atoms with Crippen molar-refractivity contribution in [2.75, 3.05) is 5.73 Å². The molecule has 0 amide bonds. The maximum Gasteiger partial charge on any atom is 0.129 e. The Morgan fingerprint density at radius 1 is 1.21 bits per heavy atom. The molecule has 0 saturated heterocycles. The third-order valence-electron chi connectivity index (χ3n) is 3.96. The summed E-state index contributed by atoms with van der Waals surface area (Å²) in [6.07, 6.45) is 1.03. The van der Waals surface area contributed by atoms with Crippen LogP contribution >= 0.6 is 0 Å². The minimum atomic E-state index is 0.0234. The fourth-order valence-electron chi connectivity index (χ4n) is 2.18. The lowest BCUT2D eigenvalue weighted by atomic mass is 9.83. The van der Waals surface area contributed by atoms with E-state index in [0.717, 1.165) is 29.1 Å². The van der Waals surface area contributed by atoms with Gasteiger partial charge >= 0.3 is 0 Å². The van der Waals surface area contributed by atoms with Gasteiger partial charge in [0.2, 0.25) is 0 Å². The number of benzene rings is 1. The molecule has 0 aliphatic heterocycles. The maximum atomic E-state index is 6.23. The van der Waals surface area contributed by atoms with E-state index in [-0.39, 0.29) is 5.41 Å². The van der Waals surface area contributed by atoms with Gasteiger partial charge < -0.3 is 5.73 Å². The predicted molar refractivity (Wildman–Crippen MR) is 81.1 cm³/mol. The van der Waals surface area contributed by atoms with Gasteiger partial charge in [-0.2, -0.15) is 5.10 Å². The van der Waals surface area contributed by atoms with E-state index in [2.05, 4.69) is 57.1 Å². The van der Waals surface area contributed by atoms with Crippen LogP contribution in [-0.4, -0.2) is 9.78 Å². The van der Waals surface area contributed by atoms with Crippen LogP contribution in [0.5, 0.6) is 0 Å². The van der Waals surface area contributed by atoms with Crippen LogP contribution < -0.4 is 5.73 Å². The first-order valence-corrected chi connectivity index (χ1v) is 6.77. The quantitative estimate of drug-likeness (QED) is 0.911. The van der Waals surface area contributed by atoms with Crippen LogP contribution in [0.25, 0.3) is 11.1 Å². The fourth-order valence-corrected chi connectivity index (χ4v) is 2.18. The summed E-state index contributed by atoms with van der Waals surface area (Å²) < 4.78 is 1.78. The molecule has 1 heterocycles. The number of anilines is 1. The Bertz CT molecular complexity index is 577. The van der Waals surface area contributed by atoms with Gasteiger partial charge in [0.15, 0.2) is 0 Å². The summed E-state index contributed by atoms with van der Waals surface area (Å²) in [7, 11) is 1.91.